The number of hydrogen-bond donors (Lipinski definition) is 1. The highest BCUT2D eigenvalue weighted by Gasteiger charge is 2.11. The first kappa shape index (κ1) is 15.0. The van der Waals surface area contributed by atoms with Crippen LogP contribution in [0, 0.1) is 12.7 Å². The van der Waals surface area contributed by atoms with Crippen LogP contribution in [0.2, 0.25) is 0 Å². The van der Waals surface area contributed by atoms with E-state index in [-0.39, 0.29) is 0 Å². The van der Waals surface area contributed by atoms with Gasteiger partial charge in [0.1, 0.15) is 5.82 Å². The number of halogens is 1. The molecule has 0 aliphatic carbocycles. The van der Waals surface area contributed by atoms with E-state index < -0.39 is 11.9 Å². The highest BCUT2D eigenvalue weighted by atomic mass is 32.1. The van der Waals surface area contributed by atoms with Crippen molar-refractivity contribution < 1.29 is 9.50 Å². The monoisotopic (exact) mass is 295 g/mol. The molecule has 2 heterocycles. The molecule has 0 fully saturated rings. The van der Waals surface area contributed by atoms with E-state index in [2.05, 4.69) is 14.9 Å². The maximum atomic E-state index is 12.8. The minimum absolute atomic E-state index is 0.392. The van der Waals surface area contributed by atoms with Gasteiger partial charge in [-0.15, -0.1) is 11.3 Å². The predicted octanol–water partition coefficient (Wildman–Crippen LogP) is 2.54. The highest BCUT2D eigenvalue weighted by molar-refractivity contribution is 7.09. The van der Waals surface area contributed by atoms with Crippen molar-refractivity contribution in [3.63, 3.8) is 0 Å². The van der Waals surface area contributed by atoms with Crippen LogP contribution in [0.3, 0.4) is 0 Å². The summed E-state index contributed by atoms with van der Waals surface area (Å²) >= 11 is 1.64. The lowest BCUT2D eigenvalue weighted by Crippen LogP contribution is -2.21. The molecule has 20 heavy (non-hydrogen) atoms. The molecule has 0 aliphatic heterocycles. The molecule has 2 rings (SSSR count). The Labute approximate surface area is 121 Å². The molecule has 1 unspecified atom stereocenters. The fourth-order valence-corrected chi connectivity index (χ4v) is 2.52. The Morgan fingerprint density at radius 3 is 2.85 bits per heavy atom. The van der Waals surface area contributed by atoms with Crippen molar-refractivity contribution in [1.29, 1.82) is 0 Å². The second-order valence-corrected chi connectivity index (χ2v) is 5.86. The van der Waals surface area contributed by atoms with Crippen molar-refractivity contribution in [1.82, 2.24) is 14.9 Å². The van der Waals surface area contributed by atoms with Crippen molar-refractivity contribution in [2.45, 2.75) is 26.0 Å². The second-order valence-electron chi connectivity index (χ2n) is 4.80. The summed E-state index contributed by atoms with van der Waals surface area (Å²) in [4.78, 5) is 10.4. The van der Waals surface area contributed by atoms with E-state index in [4.69, 9.17) is 0 Å². The van der Waals surface area contributed by atoms with Gasteiger partial charge in [0.2, 0.25) is 0 Å². The van der Waals surface area contributed by atoms with Crippen LogP contribution in [-0.4, -0.2) is 33.6 Å². The minimum Gasteiger partial charge on any atom is -0.387 e. The van der Waals surface area contributed by atoms with E-state index in [0.717, 1.165) is 30.0 Å². The minimum atomic E-state index is -0.671. The number of aliphatic hydroxyl groups is 1. The molecule has 2 aromatic heterocycles. The topological polar surface area (TPSA) is 49.2 Å². The second kappa shape index (κ2) is 6.88. The van der Waals surface area contributed by atoms with Crippen molar-refractivity contribution in [2.75, 3.05) is 13.6 Å². The normalized spacial score (nSPS) is 12.8. The molecule has 0 amide bonds. The maximum Gasteiger partial charge on any atom is 0.141 e. The zero-order valence-corrected chi connectivity index (χ0v) is 12.4. The average Bonchev–Trinajstić information content (AvgIpc) is 2.82. The van der Waals surface area contributed by atoms with Crippen molar-refractivity contribution in [3.05, 3.63) is 45.9 Å². The fraction of sp³-hybridized carbons (Fsp3) is 0.429. The third kappa shape index (κ3) is 4.33. The largest absolute Gasteiger partial charge is 0.387 e. The molecule has 4 nitrogen and oxygen atoms in total. The number of thiazole rings is 1. The molecule has 1 atom stereocenters. The van der Waals surface area contributed by atoms with E-state index in [1.807, 2.05) is 19.4 Å². The lowest BCUT2D eigenvalue weighted by Gasteiger charge is -2.17. The Morgan fingerprint density at radius 2 is 2.25 bits per heavy atom. The summed E-state index contributed by atoms with van der Waals surface area (Å²) in [6.45, 7) is 3.46. The molecular weight excluding hydrogens is 277 g/mol. The summed E-state index contributed by atoms with van der Waals surface area (Å²) < 4.78 is 12.8. The molecule has 0 bridgehead atoms. The highest BCUT2D eigenvalue weighted by Crippen LogP contribution is 2.15. The molecule has 2 aromatic rings. The third-order valence-electron chi connectivity index (χ3n) is 2.97. The van der Waals surface area contributed by atoms with Gasteiger partial charge in [0, 0.05) is 18.5 Å². The van der Waals surface area contributed by atoms with E-state index >= 15 is 0 Å². The molecule has 0 saturated carbocycles. The summed E-state index contributed by atoms with van der Waals surface area (Å²) in [7, 11) is 1.99. The Bertz CT molecular complexity index is 544. The van der Waals surface area contributed by atoms with E-state index in [1.165, 1.54) is 12.1 Å². The summed E-state index contributed by atoms with van der Waals surface area (Å²) in [6.07, 6.45) is 1.01. The number of aryl methyl sites for hydroxylation is 1. The Hall–Kier alpha value is -1.37. The molecule has 0 saturated heterocycles. The zero-order valence-electron chi connectivity index (χ0n) is 11.6. The number of pyridine rings is 1. The molecule has 0 aromatic carbocycles. The SMILES string of the molecule is Cc1nc(CN(C)CCC(O)c2ccc(F)cn2)cs1. The Morgan fingerprint density at radius 1 is 1.45 bits per heavy atom. The quantitative estimate of drug-likeness (QED) is 0.890. The van der Waals surface area contributed by atoms with Gasteiger partial charge in [-0.2, -0.15) is 0 Å². The van der Waals surface area contributed by atoms with Crippen LogP contribution >= 0.6 is 11.3 Å². The van der Waals surface area contributed by atoms with Gasteiger partial charge >= 0.3 is 0 Å². The number of nitrogens with zero attached hydrogens (tertiary/aromatic N) is 3. The van der Waals surface area contributed by atoms with Crippen LogP contribution in [0.1, 0.15) is 28.9 Å². The molecule has 6 heteroatoms. The summed E-state index contributed by atoms with van der Waals surface area (Å²) in [5, 5.41) is 13.1. The van der Waals surface area contributed by atoms with E-state index in [1.54, 1.807) is 11.3 Å². The Balaban J connectivity index is 1.80. The van der Waals surface area contributed by atoms with Crippen LogP contribution < -0.4 is 0 Å². The van der Waals surface area contributed by atoms with Gasteiger partial charge in [-0.25, -0.2) is 9.37 Å². The maximum absolute atomic E-state index is 12.8. The van der Waals surface area contributed by atoms with Crippen molar-refractivity contribution >= 4 is 11.3 Å². The van der Waals surface area contributed by atoms with Crippen LogP contribution in [0.5, 0.6) is 0 Å². The van der Waals surface area contributed by atoms with Gasteiger partial charge in [0.25, 0.3) is 0 Å². The molecule has 0 radical (unpaired) electrons. The van der Waals surface area contributed by atoms with Crippen LogP contribution in [0.15, 0.2) is 23.7 Å². The van der Waals surface area contributed by atoms with Gasteiger partial charge in [-0.3, -0.25) is 4.98 Å². The summed E-state index contributed by atoms with van der Waals surface area (Å²) in [5.74, 6) is -0.392. The van der Waals surface area contributed by atoms with Crippen LogP contribution in [0.4, 0.5) is 4.39 Å². The molecule has 0 aliphatic rings. The average molecular weight is 295 g/mol. The molecule has 1 N–H and O–H groups in total. The first-order valence-corrected chi connectivity index (χ1v) is 7.31. The first-order chi connectivity index (χ1) is 9.54. The predicted molar refractivity (Wildman–Crippen MR) is 77.0 cm³/mol. The van der Waals surface area contributed by atoms with Gasteiger partial charge in [0.15, 0.2) is 0 Å². The molecule has 0 spiro atoms. The first-order valence-electron chi connectivity index (χ1n) is 6.43. The van der Waals surface area contributed by atoms with Gasteiger partial charge in [0.05, 0.1) is 28.7 Å². The van der Waals surface area contributed by atoms with Crippen LogP contribution in [-0.2, 0) is 6.54 Å². The fourth-order valence-electron chi connectivity index (χ4n) is 1.91. The number of aromatic nitrogens is 2. The van der Waals surface area contributed by atoms with Gasteiger partial charge in [-0.05, 0) is 32.5 Å². The smallest absolute Gasteiger partial charge is 0.141 e. The number of hydrogen-bond acceptors (Lipinski definition) is 5. The molecule has 108 valence electrons. The van der Waals surface area contributed by atoms with Gasteiger partial charge in [-0.1, -0.05) is 0 Å². The van der Waals surface area contributed by atoms with Crippen molar-refractivity contribution in [3.8, 4) is 0 Å². The molecular formula is C14H18FN3OS. The van der Waals surface area contributed by atoms with Gasteiger partial charge < -0.3 is 10.0 Å². The van der Waals surface area contributed by atoms with E-state index in [0.29, 0.717) is 12.1 Å². The van der Waals surface area contributed by atoms with Crippen LogP contribution in [0.25, 0.3) is 0 Å². The lowest BCUT2D eigenvalue weighted by atomic mass is 10.1. The number of aliphatic hydroxyl groups excluding tert-OH is 1. The lowest BCUT2D eigenvalue weighted by molar-refractivity contribution is 0.143. The Kier molecular flexibility index (Phi) is 5.17. The number of rotatable bonds is 6. The zero-order chi connectivity index (χ0) is 14.5. The standard InChI is InChI=1S/C14H18FN3OS/c1-10-17-12(9-20-10)8-18(2)6-5-14(19)13-4-3-11(15)7-16-13/h3-4,7,9,14,19H,5-6,8H2,1-2H3. The summed E-state index contributed by atoms with van der Waals surface area (Å²) in [5.41, 5.74) is 1.55. The summed E-state index contributed by atoms with van der Waals surface area (Å²) in [6, 6.07) is 2.83. The third-order valence-corrected chi connectivity index (χ3v) is 3.80. The van der Waals surface area contributed by atoms with E-state index in [9.17, 15) is 9.50 Å². The van der Waals surface area contributed by atoms with Crippen molar-refractivity contribution in [2.24, 2.45) is 0 Å².